The van der Waals surface area contributed by atoms with Crippen molar-refractivity contribution in [1.82, 2.24) is 10.2 Å². The summed E-state index contributed by atoms with van der Waals surface area (Å²) in [7, 11) is 5.80. The highest BCUT2D eigenvalue weighted by atomic mass is 16.5. The molecule has 0 aromatic rings. The molecule has 1 aliphatic rings. The highest BCUT2D eigenvalue weighted by molar-refractivity contribution is 4.87. The summed E-state index contributed by atoms with van der Waals surface area (Å²) in [6.45, 7) is 7.09. The van der Waals surface area contributed by atoms with Gasteiger partial charge in [0.25, 0.3) is 0 Å². The van der Waals surface area contributed by atoms with Gasteiger partial charge in [-0.2, -0.15) is 0 Å². The molecule has 4 heteroatoms. The van der Waals surface area contributed by atoms with Crippen LogP contribution >= 0.6 is 0 Å². The average Bonchev–Trinajstić information content (AvgIpc) is 2.70. The third-order valence-electron chi connectivity index (χ3n) is 4.89. The standard InChI is InChI=1S/C17H36N2O2/c1-16(13-21-4)19(2)15-17(14-18-11-12-20-3)9-7-5-6-8-10-17/h16,18H,5-15H2,1-4H3. The van der Waals surface area contributed by atoms with E-state index in [1.54, 1.807) is 14.2 Å². The molecule has 126 valence electrons. The van der Waals surface area contributed by atoms with Gasteiger partial charge in [0.2, 0.25) is 0 Å². The van der Waals surface area contributed by atoms with Gasteiger partial charge in [0.15, 0.2) is 0 Å². The monoisotopic (exact) mass is 300 g/mol. The van der Waals surface area contributed by atoms with Crippen molar-refractivity contribution in [2.75, 3.05) is 54.1 Å². The highest BCUT2D eigenvalue weighted by Gasteiger charge is 2.32. The maximum atomic E-state index is 5.31. The van der Waals surface area contributed by atoms with E-state index in [9.17, 15) is 0 Å². The summed E-state index contributed by atoms with van der Waals surface area (Å²) < 4.78 is 10.5. The number of nitrogens with one attached hydrogen (secondary N) is 1. The van der Waals surface area contributed by atoms with Gasteiger partial charge in [0.1, 0.15) is 0 Å². The predicted octanol–water partition coefficient (Wildman–Crippen LogP) is 2.53. The Labute approximate surface area is 131 Å². The van der Waals surface area contributed by atoms with Crippen LogP contribution in [0.5, 0.6) is 0 Å². The molecule has 0 radical (unpaired) electrons. The van der Waals surface area contributed by atoms with E-state index in [0.717, 1.165) is 32.8 Å². The third kappa shape index (κ3) is 7.09. The number of rotatable bonds is 10. The Hall–Kier alpha value is -0.160. The van der Waals surface area contributed by atoms with Gasteiger partial charge >= 0.3 is 0 Å². The number of methoxy groups -OCH3 is 2. The Morgan fingerprint density at radius 2 is 1.76 bits per heavy atom. The van der Waals surface area contributed by atoms with Crippen molar-refractivity contribution < 1.29 is 9.47 Å². The van der Waals surface area contributed by atoms with Gasteiger partial charge < -0.3 is 19.7 Å². The Balaban J connectivity index is 2.57. The molecule has 0 bridgehead atoms. The molecule has 0 amide bonds. The largest absolute Gasteiger partial charge is 0.383 e. The van der Waals surface area contributed by atoms with E-state index in [1.807, 2.05) is 0 Å². The van der Waals surface area contributed by atoms with Crippen LogP contribution in [0.1, 0.15) is 45.4 Å². The predicted molar refractivity (Wildman–Crippen MR) is 88.8 cm³/mol. The van der Waals surface area contributed by atoms with Crippen LogP contribution in [0.4, 0.5) is 0 Å². The first kappa shape index (κ1) is 18.9. The summed E-state index contributed by atoms with van der Waals surface area (Å²) in [4.78, 5) is 2.48. The Morgan fingerprint density at radius 3 is 2.33 bits per heavy atom. The summed E-state index contributed by atoms with van der Waals surface area (Å²) in [6.07, 6.45) is 8.24. The van der Waals surface area contributed by atoms with E-state index in [4.69, 9.17) is 9.47 Å². The molecule has 1 aliphatic carbocycles. The summed E-state index contributed by atoms with van der Waals surface area (Å²) in [5.74, 6) is 0. The number of nitrogens with zero attached hydrogens (tertiary/aromatic N) is 1. The van der Waals surface area contributed by atoms with Crippen LogP contribution in [-0.4, -0.2) is 65.1 Å². The van der Waals surface area contributed by atoms with E-state index >= 15 is 0 Å². The summed E-state index contributed by atoms with van der Waals surface area (Å²) in [5.41, 5.74) is 0.418. The zero-order chi connectivity index (χ0) is 15.6. The van der Waals surface area contributed by atoms with Gasteiger partial charge in [0.05, 0.1) is 13.2 Å². The van der Waals surface area contributed by atoms with Crippen molar-refractivity contribution in [2.24, 2.45) is 5.41 Å². The fourth-order valence-corrected chi connectivity index (χ4v) is 3.45. The fourth-order valence-electron chi connectivity index (χ4n) is 3.45. The highest BCUT2D eigenvalue weighted by Crippen LogP contribution is 2.35. The van der Waals surface area contributed by atoms with Crippen LogP contribution in [0.3, 0.4) is 0 Å². The molecule has 0 heterocycles. The minimum atomic E-state index is 0.418. The number of likely N-dealkylation sites (N-methyl/N-ethyl adjacent to an activating group) is 1. The van der Waals surface area contributed by atoms with E-state index in [2.05, 4.69) is 24.2 Å². The van der Waals surface area contributed by atoms with Crippen LogP contribution in [0, 0.1) is 5.41 Å². The van der Waals surface area contributed by atoms with Crippen LogP contribution in [-0.2, 0) is 9.47 Å². The molecule has 1 saturated carbocycles. The molecule has 1 unspecified atom stereocenters. The lowest BCUT2D eigenvalue weighted by Crippen LogP contribution is -2.46. The zero-order valence-electron chi connectivity index (χ0n) is 14.6. The Bertz CT molecular complexity index is 253. The van der Waals surface area contributed by atoms with Crippen molar-refractivity contribution in [3.63, 3.8) is 0 Å². The molecule has 21 heavy (non-hydrogen) atoms. The molecular weight excluding hydrogens is 264 g/mol. The first-order valence-corrected chi connectivity index (χ1v) is 8.52. The van der Waals surface area contributed by atoms with E-state index in [-0.39, 0.29) is 0 Å². The zero-order valence-corrected chi connectivity index (χ0v) is 14.6. The second-order valence-corrected chi connectivity index (χ2v) is 6.80. The molecule has 1 atom stereocenters. The molecular formula is C17H36N2O2. The van der Waals surface area contributed by atoms with Gasteiger partial charge in [-0.3, -0.25) is 0 Å². The molecule has 0 spiro atoms. The van der Waals surface area contributed by atoms with Crippen molar-refractivity contribution >= 4 is 0 Å². The van der Waals surface area contributed by atoms with E-state index in [0.29, 0.717) is 11.5 Å². The minimum absolute atomic E-state index is 0.418. The molecule has 0 aromatic carbocycles. The Kier molecular flexibility index (Phi) is 9.49. The lowest BCUT2D eigenvalue weighted by molar-refractivity contribution is 0.0713. The first-order valence-electron chi connectivity index (χ1n) is 8.52. The molecule has 0 aliphatic heterocycles. The minimum Gasteiger partial charge on any atom is -0.383 e. The molecule has 0 aromatic heterocycles. The maximum Gasteiger partial charge on any atom is 0.0615 e. The van der Waals surface area contributed by atoms with Crippen molar-refractivity contribution in [2.45, 2.75) is 51.5 Å². The molecule has 1 fully saturated rings. The maximum absolute atomic E-state index is 5.31. The van der Waals surface area contributed by atoms with Gasteiger partial charge in [-0.05, 0) is 32.2 Å². The number of hydrogen-bond donors (Lipinski definition) is 1. The molecule has 1 N–H and O–H groups in total. The van der Waals surface area contributed by atoms with Crippen LogP contribution in [0.15, 0.2) is 0 Å². The third-order valence-corrected chi connectivity index (χ3v) is 4.89. The summed E-state index contributed by atoms with van der Waals surface area (Å²) in [5, 5.41) is 3.62. The fraction of sp³-hybridized carbons (Fsp3) is 1.00. The van der Waals surface area contributed by atoms with Gasteiger partial charge in [0, 0.05) is 39.9 Å². The van der Waals surface area contributed by atoms with Crippen LogP contribution in [0.25, 0.3) is 0 Å². The lowest BCUT2D eigenvalue weighted by Gasteiger charge is -2.39. The van der Waals surface area contributed by atoms with Crippen LogP contribution < -0.4 is 5.32 Å². The van der Waals surface area contributed by atoms with Crippen molar-refractivity contribution in [3.05, 3.63) is 0 Å². The van der Waals surface area contributed by atoms with Gasteiger partial charge in [-0.25, -0.2) is 0 Å². The van der Waals surface area contributed by atoms with Crippen molar-refractivity contribution in [3.8, 4) is 0 Å². The smallest absolute Gasteiger partial charge is 0.0615 e. The van der Waals surface area contributed by atoms with Crippen molar-refractivity contribution in [1.29, 1.82) is 0 Å². The lowest BCUT2D eigenvalue weighted by atomic mass is 9.79. The second kappa shape index (κ2) is 10.5. The molecule has 1 rings (SSSR count). The topological polar surface area (TPSA) is 33.7 Å². The SMILES string of the molecule is COCCNCC1(CN(C)C(C)COC)CCCCCC1. The Morgan fingerprint density at radius 1 is 1.10 bits per heavy atom. The van der Waals surface area contributed by atoms with E-state index in [1.165, 1.54) is 38.5 Å². The molecule has 0 saturated heterocycles. The van der Waals surface area contributed by atoms with E-state index < -0.39 is 0 Å². The summed E-state index contributed by atoms with van der Waals surface area (Å²) >= 11 is 0. The number of ether oxygens (including phenoxy) is 2. The normalized spacial score (nSPS) is 20.4. The number of hydrogen-bond acceptors (Lipinski definition) is 4. The van der Waals surface area contributed by atoms with Crippen LogP contribution in [0.2, 0.25) is 0 Å². The first-order chi connectivity index (χ1) is 10.1. The van der Waals surface area contributed by atoms with Gasteiger partial charge in [-0.15, -0.1) is 0 Å². The quantitative estimate of drug-likeness (QED) is 0.496. The average molecular weight is 300 g/mol. The molecule has 4 nitrogen and oxygen atoms in total. The van der Waals surface area contributed by atoms with Gasteiger partial charge in [-0.1, -0.05) is 25.7 Å². The summed E-state index contributed by atoms with van der Waals surface area (Å²) in [6, 6.07) is 0.481. The second-order valence-electron chi connectivity index (χ2n) is 6.80.